The fourth-order valence-corrected chi connectivity index (χ4v) is 1.88. The molecule has 0 N–H and O–H groups in total. The van der Waals surface area contributed by atoms with E-state index in [9.17, 15) is 0 Å². The molecule has 10 heavy (non-hydrogen) atoms. The molecule has 2 nitrogen and oxygen atoms in total. The van der Waals surface area contributed by atoms with E-state index in [0.29, 0.717) is 23.9 Å². The SMILES string of the molecule is BC1CO[C@@H]2C(C)CO[C@H]12. The second-order valence-corrected chi connectivity index (χ2v) is 3.55. The van der Waals surface area contributed by atoms with Gasteiger partial charge in [0.25, 0.3) is 0 Å². The lowest BCUT2D eigenvalue weighted by atomic mass is 9.82. The molecule has 0 aromatic rings. The summed E-state index contributed by atoms with van der Waals surface area (Å²) in [6.45, 7) is 3.97. The summed E-state index contributed by atoms with van der Waals surface area (Å²) < 4.78 is 11.2. The number of rotatable bonds is 0. The highest BCUT2D eigenvalue weighted by molar-refractivity contribution is 6.12. The van der Waals surface area contributed by atoms with Crippen molar-refractivity contribution in [3.8, 4) is 0 Å². The average molecular weight is 140 g/mol. The topological polar surface area (TPSA) is 18.5 Å². The summed E-state index contributed by atoms with van der Waals surface area (Å²) in [4.78, 5) is 0. The van der Waals surface area contributed by atoms with Gasteiger partial charge in [0.15, 0.2) is 0 Å². The van der Waals surface area contributed by atoms with Gasteiger partial charge in [-0.05, 0) is 5.82 Å². The third-order valence-electron chi connectivity index (χ3n) is 2.55. The van der Waals surface area contributed by atoms with E-state index in [1.54, 1.807) is 0 Å². The summed E-state index contributed by atoms with van der Waals surface area (Å²) in [5.41, 5.74) is 0. The normalized spacial score (nSPS) is 53.3. The van der Waals surface area contributed by atoms with Gasteiger partial charge in [0.05, 0.1) is 18.8 Å². The first-order valence-corrected chi connectivity index (χ1v) is 4.02. The van der Waals surface area contributed by atoms with Crippen LogP contribution in [0.25, 0.3) is 0 Å². The van der Waals surface area contributed by atoms with Gasteiger partial charge in [-0.3, -0.25) is 0 Å². The van der Waals surface area contributed by atoms with Crippen molar-refractivity contribution in [3.63, 3.8) is 0 Å². The van der Waals surface area contributed by atoms with Crippen LogP contribution in [0.1, 0.15) is 6.92 Å². The van der Waals surface area contributed by atoms with Crippen LogP contribution in [-0.2, 0) is 9.47 Å². The fourth-order valence-electron chi connectivity index (χ4n) is 1.88. The van der Waals surface area contributed by atoms with Gasteiger partial charge in [0, 0.05) is 12.5 Å². The summed E-state index contributed by atoms with van der Waals surface area (Å²) in [5.74, 6) is 1.21. The first-order valence-electron chi connectivity index (χ1n) is 4.02. The fraction of sp³-hybridized carbons (Fsp3) is 1.00. The Morgan fingerprint density at radius 3 is 2.60 bits per heavy atom. The Morgan fingerprint density at radius 1 is 1.20 bits per heavy atom. The van der Waals surface area contributed by atoms with E-state index in [1.807, 2.05) is 0 Å². The van der Waals surface area contributed by atoms with E-state index >= 15 is 0 Å². The van der Waals surface area contributed by atoms with Crippen molar-refractivity contribution in [1.29, 1.82) is 0 Å². The molecule has 0 amide bonds. The van der Waals surface area contributed by atoms with E-state index in [1.165, 1.54) is 0 Å². The molecule has 4 atom stereocenters. The molecule has 0 saturated carbocycles. The highest BCUT2D eigenvalue weighted by Gasteiger charge is 2.43. The summed E-state index contributed by atoms with van der Waals surface area (Å²) in [7, 11) is 2.20. The van der Waals surface area contributed by atoms with E-state index in [4.69, 9.17) is 9.47 Å². The molecule has 0 aromatic heterocycles. The van der Waals surface area contributed by atoms with Crippen molar-refractivity contribution >= 4 is 7.85 Å². The van der Waals surface area contributed by atoms with Gasteiger partial charge >= 0.3 is 0 Å². The van der Waals surface area contributed by atoms with Crippen molar-refractivity contribution in [2.45, 2.75) is 24.9 Å². The predicted molar refractivity (Wildman–Crippen MR) is 40.9 cm³/mol. The molecule has 0 radical (unpaired) electrons. The minimum atomic E-state index is 0.398. The second-order valence-electron chi connectivity index (χ2n) is 3.55. The maximum Gasteiger partial charge on any atom is 0.111 e. The third-order valence-corrected chi connectivity index (χ3v) is 2.55. The lowest BCUT2D eigenvalue weighted by molar-refractivity contribution is 0.0658. The van der Waals surface area contributed by atoms with Crippen molar-refractivity contribution in [2.75, 3.05) is 13.2 Å². The summed E-state index contributed by atoms with van der Waals surface area (Å²) >= 11 is 0. The first kappa shape index (κ1) is 6.68. The lowest BCUT2D eigenvalue weighted by Crippen LogP contribution is -2.22. The molecule has 0 aliphatic carbocycles. The van der Waals surface area contributed by atoms with E-state index < -0.39 is 0 Å². The molecule has 2 fully saturated rings. The highest BCUT2D eigenvalue weighted by atomic mass is 16.6. The Labute approximate surface area is 62.3 Å². The largest absolute Gasteiger partial charge is 0.376 e. The van der Waals surface area contributed by atoms with Gasteiger partial charge in [-0.2, -0.15) is 0 Å². The van der Waals surface area contributed by atoms with Crippen LogP contribution in [0.5, 0.6) is 0 Å². The molecule has 2 aliphatic heterocycles. The molecule has 2 unspecified atom stereocenters. The maximum absolute atomic E-state index is 5.58. The number of fused-ring (bicyclic) bond motifs is 1. The number of ether oxygens (including phenoxy) is 2. The van der Waals surface area contributed by atoms with Crippen LogP contribution in [0, 0.1) is 5.92 Å². The van der Waals surface area contributed by atoms with Crippen LogP contribution < -0.4 is 0 Å². The van der Waals surface area contributed by atoms with Crippen LogP contribution in [-0.4, -0.2) is 33.3 Å². The van der Waals surface area contributed by atoms with E-state index in [0.717, 1.165) is 13.2 Å². The standard InChI is InChI=1S/C7H13BO2/c1-4-2-9-7-5(8)3-10-6(4)7/h4-7H,2-3,8H2,1H3/t4?,5?,6-,7-/m1/s1. The lowest BCUT2D eigenvalue weighted by Gasteiger charge is -2.11. The van der Waals surface area contributed by atoms with Crippen molar-refractivity contribution in [2.24, 2.45) is 5.92 Å². The molecule has 0 spiro atoms. The molecule has 2 saturated heterocycles. The number of hydrogen-bond acceptors (Lipinski definition) is 2. The molecule has 3 heteroatoms. The van der Waals surface area contributed by atoms with Gasteiger partial charge < -0.3 is 9.47 Å². The second kappa shape index (κ2) is 2.24. The molecule has 56 valence electrons. The van der Waals surface area contributed by atoms with Gasteiger partial charge in [-0.25, -0.2) is 0 Å². The first-order chi connectivity index (χ1) is 4.79. The van der Waals surface area contributed by atoms with Gasteiger partial charge in [-0.15, -0.1) is 0 Å². The van der Waals surface area contributed by atoms with Crippen LogP contribution in [0.2, 0.25) is 5.82 Å². The molecule has 0 aromatic carbocycles. The molecule has 0 bridgehead atoms. The Kier molecular flexibility index (Phi) is 1.50. The van der Waals surface area contributed by atoms with Crippen molar-refractivity contribution in [3.05, 3.63) is 0 Å². The molecular weight excluding hydrogens is 127 g/mol. The zero-order chi connectivity index (χ0) is 7.14. The summed E-state index contributed by atoms with van der Waals surface area (Å²) in [5, 5.41) is 0. The van der Waals surface area contributed by atoms with Crippen LogP contribution in [0.4, 0.5) is 0 Å². The minimum Gasteiger partial charge on any atom is -0.376 e. The van der Waals surface area contributed by atoms with E-state index in [2.05, 4.69) is 14.8 Å². The zero-order valence-electron chi connectivity index (χ0n) is 6.54. The zero-order valence-corrected chi connectivity index (χ0v) is 6.54. The summed E-state index contributed by atoms with van der Waals surface area (Å²) in [6.07, 6.45) is 0.796. The smallest absolute Gasteiger partial charge is 0.111 e. The van der Waals surface area contributed by atoms with Gasteiger partial charge in [0.2, 0.25) is 0 Å². The van der Waals surface area contributed by atoms with Crippen molar-refractivity contribution < 1.29 is 9.47 Å². The van der Waals surface area contributed by atoms with Crippen LogP contribution >= 0.6 is 0 Å². The Bertz CT molecular complexity index is 124. The molecular formula is C7H13BO2. The minimum absolute atomic E-state index is 0.398. The van der Waals surface area contributed by atoms with Gasteiger partial charge in [-0.1, -0.05) is 6.92 Å². The quantitative estimate of drug-likeness (QED) is 0.435. The van der Waals surface area contributed by atoms with Crippen LogP contribution in [0.15, 0.2) is 0 Å². The molecule has 2 rings (SSSR count). The summed E-state index contributed by atoms with van der Waals surface area (Å²) in [6, 6.07) is 0. The van der Waals surface area contributed by atoms with E-state index in [-0.39, 0.29) is 0 Å². The Balaban J connectivity index is 2.09. The van der Waals surface area contributed by atoms with Gasteiger partial charge in [0.1, 0.15) is 7.85 Å². The third kappa shape index (κ3) is 0.806. The molecule has 2 aliphatic rings. The van der Waals surface area contributed by atoms with Crippen molar-refractivity contribution in [1.82, 2.24) is 0 Å². The maximum atomic E-state index is 5.58. The average Bonchev–Trinajstić information content (AvgIpc) is 2.41. The molecule has 2 heterocycles. The predicted octanol–water partition coefficient (Wildman–Crippen LogP) is -0.158. The Morgan fingerprint density at radius 2 is 1.90 bits per heavy atom. The number of hydrogen-bond donors (Lipinski definition) is 0. The highest BCUT2D eigenvalue weighted by Crippen LogP contribution is 2.35. The van der Waals surface area contributed by atoms with Crippen LogP contribution in [0.3, 0.4) is 0 Å². The monoisotopic (exact) mass is 140 g/mol. The Hall–Kier alpha value is -0.0151.